The number of carbonyl (C=O) groups is 1. The zero-order valence-electron chi connectivity index (χ0n) is 19.3. The lowest BCUT2D eigenvalue weighted by Crippen LogP contribution is -2.53. The number of methoxy groups -OCH3 is 1. The molecule has 9 heteroatoms. The van der Waals surface area contributed by atoms with Crippen molar-refractivity contribution in [2.24, 2.45) is 0 Å². The van der Waals surface area contributed by atoms with Crippen LogP contribution in [-0.4, -0.2) is 52.0 Å². The van der Waals surface area contributed by atoms with Gasteiger partial charge in [0.1, 0.15) is 11.8 Å². The fourth-order valence-electron chi connectivity index (χ4n) is 3.97. The number of hydrogen-bond acceptors (Lipinski definition) is 6. The number of anilines is 2. The van der Waals surface area contributed by atoms with Crippen molar-refractivity contribution in [2.75, 3.05) is 37.3 Å². The molecule has 2 aromatic carbocycles. The summed E-state index contributed by atoms with van der Waals surface area (Å²) >= 11 is 0. The second kappa shape index (κ2) is 11.4. The number of ether oxygens (including phenoxy) is 2. The summed E-state index contributed by atoms with van der Waals surface area (Å²) in [7, 11) is -0.994. The first kappa shape index (κ1) is 24.9. The lowest BCUT2D eigenvalue weighted by Gasteiger charge is -2.36. The quantitative estimate of drug-likeness (QED) is 0.321. The number of hydrogen-bond donors (Lipinski definition) is 1. The third kappa shape index (κ3) is 6.17. The Hall–Kier alpha value is -2.78. The van der Waals surface area contributed by atoms with Crippen molar-refractivity contribution in [1.29, 1.82) is 0 Å². The van der Waals surface area contributed by atoms with Gasteiger partial charge in [0.25, 0.3) is 0 Å². The summed E-state index contributed by atoms with van der Waals surface area (Å²) in [5, 5.41) is 0. The van der Waals surface area contributed by atoms with Crippen LogP contribution >= 0.6 is 0 Å². The summed E-state index contributed by atoms with van der Waals surface area (Å²) in [5.74, 6) is -0.0168. The molecule has 2 N–H and O–H groups in total. The fourth-order valence-corrected chi connectivity index (χ4v) is 5.54. The Morgan fingerprint density at radius 3 is 2.61 bits per heavy atom. The highest BCUT2D eigenvalue weighted by Crippen LogP contribution is 2.30. The van der Waals surface area contributed by atoms with Crippen molar-refractivity contribution in [2.45, 2.75) is 44.6 Å². The van der Waals surface area contributed by atoms with Crippen LogP contribution in [0.4, 0.5) is 11.4 Å². The van der Waals surface area contributed by atoms with Crippen molar-refractivity contribution in [3.05, 3.63) is 54.1 Å². The van der Waals surface area contributed by atoms with Crippen LogP contribution in [0.5, 0.6) is 5.75 Å². The highest BCUT2D eigenvalue weighted by atomic mass is 32.2. The van der Waals surface area contributed by atoms with Crippen molar-refractivity contribution < 1.29 is 22.7 Å². The molecule has 33 heavy (non-hydrogen) atoms. The smallest absolute Gasteiger partial charge is 0.324 e. The number of nitrogen functional groups attached to an aromatic ring is 1. The SMILES string of the molecule is COc1ccc(N(C)S(=O)(=O)N2CCCCC2C(=O)OCCCCc2ccccc2)cc1N. The maximum atomic E-state index is 13.4. The van der Waals surface area contributed by atoms with E-state index >= 15 is 0 Å². The number of carbonyl (C=O) groups excluding carboxylic acids is 1. The van der Waals surface area contributed by atoms with Crippen molar-refractivity contribution in [3.63, 3.8) is 0 Å². The molecule has 1 aliphatic rings. The molecule has 1 saturated heterocycles. The predicted octanol–water partition coefficient (Wildman–Crippen LogP) is 3.38. The molecule has 0 aromatic heterocycles. The number of unbranched alkanes of at least 4 members (excludes halogenated alkanes) is 1. The normalized spacial score (nSPS) is 16.8. The van der Waals surface area contributed by atoms with Gasteiger partial charge in [0.15, 0.2) is 0 Å². The molecule has 0 radical (unpaired) electrons. The average Bonchev–Trinajstić information content (AvgIpc) is 2.83. The van der Waals surface area contributed by atoms with Crippen molar-refractivity contribution in [3.8, 4) is 5.75 Å². The molecule has 3 rings (SSSR count). The van der Waals surface area contributed by atoms with E-state index in [-0.39, 0.29) is 13.2 Å². The number of rotatable bonds is 10. The molecule has 0 saturated carbocycles. The Morgan fingerprint density at radius 1 is 1.15 bits per heavy atom. The minimum atomic E-state index is -3.95. The van der Waals surface area contributed by atoms with E-state index in [4.69, 9.17) is 15.2 Å². The summed E-state index contributed by atoms with van der Waals surface area (Å²) < 4.78 is 39.8. The monoisotopic (exact) mass is 475 g/mol. The molecular formula is C24H33N3O5S. The van der Waals surface area contributed by atoms with Crippen LogP contribution in [0.15, 0.2) is 48.5 Å². The number of benzene rings is 2. The number of nitrogens with zero attached hydrogens (tertiary/aromatic N) is 2. The summed E-state index contributed by atoms with van der Waals surface area (Å²) in [5.41, 5.74) is 7.93. The Kier molecular flexibility index (Phi) is 8.57. The molecule has 1 unspecified atom stereocenters. The van der Waals surface area contributed by atoms with Gasteiger partial charge in [0.05, 0.1) is 25.1 Å². The van der Waals surface area contributed by atoms with Gasteiger partial charge in [-0.2, -0.15) is 12.7 Å². The molecule has 1 heterocycles. The molecular weight excluding hydrogens is 442 g/mol. The first-order valence-corrected chi connectivity index (χ1v) is 12.6. The Morgan fingerprint density at radius 2 is 1.91 bits per heavy atom. The van der Waals surface area contributed by atoms with E-state index in [1.165, 1.54) is 24.0 Å². The molecule has 0 bridgehead atoms. The standard InChI is InChI=1S/C24H33N3O5S/c1-26(20-14-15-23(31-2)21(25)18-20)33(29,30)27-16-8-6-13-22(27)24(28)32-17-9-7-12-19-10-4-3-5-11-19/h3-5,10-11,14-15,18,22H,6-9,12-13,16-17,25H2,1-2H3. The average molecular weight is 476 g/mol. The summed E-state index contributed by atoms with van der Waals surface area (Å²) in [6.07, 6.45) is 4.45. The molecule has 0 spiro atoms. The summed E-state index contributed by atoms with van der Waals surface area (Å²) in [6, 6.07) is 14.1. The third-order valence-corrected chi connectivity index (χ3v) is 7.82. The van der Waals surface area contributed by atoms with Crippen LogP contribution in [0.3, 0.4) is 0 Å². The molecule has 0 aliphatic carbocycles. The van der Waals surface area contributed by atoms with Crippen LogP contribution in [0.25, 0.3) is 0 Å². The molecule has 180 valence electrons. The maximum absolute atomic E-state index is 13.4. The third-order valence-electron chi connectivity index (χ3n) is 5.89. The van der Waals surface area contributed by atoms with Crippen LogP contribution in [-0.2, 0) is 26.2 Å². The summed E-state index contributed by atoms with van der Waals surface area (Å²) in [4.78, 5) is 12.8. The van der Waals surface area contributed by atoms with Gasteiger partial charge in [-0.25, -0.2) is 0 Å². The van der Waals surface area contributed by atoms with Gasteiger partial charge in [-0.15, -0.1) is 0 Å². The lowest BCUT2D eigenvalue weighted by atomic mass is 10.1. The Labute approximate surface area is 196 Å². The van der Waals surface area contributed by atoms with Gasteiger partial charge in [0, 0.05) is 13.6 Å². The lowest BCUT2D eigenvalue weighted by molar-refractivity contribution is -0.149. The number of piperidine rings is 1. The first-order valence-electron chi connectivity index (χ1n) is 11.2. The fraction of sp³-hybridized carbons (Fsp3) is 0.458. The van der Waals surface area contributed by atoms with Crippen LogP contribution in [0.2, 0.25) is 0 Å². The molecule has 2 aromatic rings. The number of nitrogens with two attached hydrogens (primary N) is 1. The molecule has 8 nitrogen and oxygen atoms in total. The van der Waals surface area contributed by atoms with E-state index in [1.54, 1.807) is 18.2 Å². The van der Waals surface area contributed by atoms with E-state index in [1.807, 2.05) is 18.2 Å². The van der Waals surface area contributed by atoms with Crippen LogP contribution in [0.1, 0.15) is 37.7 Å². The zero-order chi connectivity index (χ0) is 23.8. The van der Waals surface area contributed by atoms with Crippen molar-refractivity contribution in [1.82, 2.24) is 4.31 Å². The minimum absolute atomic E-state index is 0.270. The van der Waals surface area contributed by atoms with Gasteiger partial charge in [0.2, 0.25) is 0 Å². The van der Waals surface area contributed by atoms with E-state index in [0.29, 0.717) is 30.0 Å². The zero-order valence-corrected chi connectivity index (χ0v) is 20.1. The van der Waals surface area contributed by atoms with Gasteiger partial charge in [-0.1, -0.05) is 30.3 Å². The molecule has 1 atom stereocenters. The Balaban J connectivity index is 1.60. The summed E-state index contributed by atoms with van der Waals surface area (Å²) in [6.45, 7) is 0.549. The topological polar surface area (TPSA) is 102 Å². The van der Waals surface area contributed by atoms with Crippen LogP contribution < -0.4 is 14.8 Å². The van der Waals surface area contributed by atoms with E-state index in [9.17, 15) is 13.2 Å². The molecule has 1 aliphatic heterocycles. The van der Waals surface area contributed by atoms with E-state index in [0.717, 1.165) is 30.0 Å². The second-order valence-corrected chi connectivity index (χ2v) is 10.0. The largest absolute Gasteiger partial charge is 0.495 e. The van der Waals surface area contributed by atoms with Gasteiger partial charge in [-0.3, -0.25) is 9.10 Å². The van der Waals surface area contributed by atoms with E-state index in [2.05, 4.69) is 12.1 Å². The second-order valence-electron chi connectivity index (χ2n) is 8.13. The van der Waals surface area contributed by atoms with Gasteiger partial charge in [-0.05, 0) is 62.3 Å². The van der Waals surface area contributed by atoms with Crippen LogP contribution in [0, 0.1) is 0 Å². The highest BCUT2D eigenvalue weighted by molar-refractivity contribution is 7.90. The predicted molar refractivity (Wildman–Crippen MR) is 129 cm³/mol. The first-order chi connectivity index (χ1) is 15.8. The highest BCUT2D eigenvalue weighted by Gasteiger charge is 2.40. The molecule has 0 amide bonds. The maximum Gasteiger partial charge on any atom is 0.324 e. The Bertz CT molecular complexity index is 1030. The van der Waals surface area contributed by atoms with Gasteiger partial charge >= 0.3 is 16.2 Å². The van der Waals surface area contributed by atoms with Gasteiger partial charge < -0.3 is 15.2 Å². The number of esters is 1. The van der Waals surface area contributed by atoms with E-state index < -0.39 is 22.2 Å². The van der Waals surface area contributed by atoms with Crippen molar-refractivity contribution >= 4 is 27.6 Å². The molecule has 1 fully saturated rings. The number of aryl methyl sites for hydroxylation is 1. The minimum Gasteiger partial charge on any atom is -0.495 e.